The van der Waals surface area contributed by atoms with E-state index in [-0.39, 0.29) is 5.54 Å². The summed E-state index contributed by atoms with van der Waals surface area (Å²) in [5, 5.41) is 0. The number of nitrogens with zero attached hydrogens (tertiary/aromatic N) is 2. The van der Waals surface area contributed by atoms with Crippen LogP contribution in [0.2, 0.25) is 0 Å². The smallest absolute Gasteiger partial charge is 0.0594 e. The topological polar surface area (TPSA) is 41.7 Å². The van der Waals surface area contributed by atoms with Gasteiger partial charge in [0.25, 0.3) is 0 Å². The van der Waals surface area contributed by atoms with Crippen LogP contribution < -0.4 is 5.73 Å². The molecule has 2 N–H and O–H groups in total. The van der Waals surface area contributed by atoms with Crippen LogP contribution >= 0.6 is 0 Å². The number of nitrogens with two attached hydrogens (primary N) is 1. The number of ether oxygens (including phenoxy) is 1. The molecule has 3 fully saturated rings. The third-order valence-corrected chi connectivity index (χ3v) is 5.08. The molecule has 4 heteroatoms. The van der Waals surface area contributed by atoms with Crippen molar-refractivity contribution in [3.8, 4) is 0 Å². The normalized spacial score (nSPS) is 33.5. The SMILES string of the molecule is NC1(CCN2CCC(N3CCOCC3)C2)CCC1. The highest BCUT2D eigenvalue weighted by atomic mass is 16.5. The summed E-state index contributed by atoms with van der Waals surface area (Å²) in [6.45, 7) is 7.80. The molecule has 0 amide bonds. The van der Waals surface area contributed by atoms with E-state index in [1.54, 1.807) is 0 Å². The van der Waals surface area contributed by atoms with Gasteiger partial charge in [0, 0.05) is 31.2 Å². The average Bonchev–Trinajstić information content (AvgIpc) is 2.84. The van der Waals surface area contributed by atoms with Crippen LogP contribution in [0.15, 0.2) is 0 Å². The highest BCUT2D eigenvalue weighted by Crippen LogP contribution is 2.32. The summed E-state index contributed by atoms with van der Waals surface area (Å²) in [7, 11) is 0. The monoisotopic (exact) mass is 253 g/mol. The zero-order valence-corrected chi connectivity index (χ0v) is 11.4. The molecule has 0 bridgehead atoms. The van der Waals surface area contributed by atoms with Gasteiger partial charge in [0.1, 0.15) is 0 Å². The molecule has 2 aliphatic heterocycles. The van der Waals surface area contributed by atoms with Gasteiger partial charge in [0.05, 0.1) is 13.2 Å². The average molecular weight is 253 g/mol. The van der Waals surface area contributed by atoms with Crippen LogP contribution in [0.25, 0.3) is 0 Å². The molecule has 3 aliphatic rings. The molecule has 2 heterocycles. The molecule has 4 nitrogen and oxygen atoms in total. The highest BCUT2D eigenvalue weighted by Gasteiger charge is 2.34. The number of hydrogen-bond donors (Lipinski definition) is 1. The van der Waals surface area contributed by atoms with Gasteiger partial charge in [-0.2, -0.15) is 0 Å². The van der Waals surface area contributed by atoms with Gasteiger partial charge in [-0.1, -0.05) is 0 Å². The molecule has 104 valence electrons. The first kappa shape index (κ1) is 12.9. The Kier molecular flexibility index (Phi) is 3.89. The molecule has 3 rings (SSSR count). The van der Waals surface area contributed by atoms with Gasteiger partial charge < -0.3 is 15.4 Å². The second-order valence-electron chi connectivity index (χ2n) is 6.36. The molecule has 0 spiro atoms. The fourth-order valence-corrected chi connectivity index (χ4v) is 3.52. The maximum Gasteiger partial charge on any atom is 0.0594 e. The zero-order chi connectivity index (χ0) is 12.4. The van der Waals surface area contributed by atoms with Crippen molar-refractivity contribution in [2.24, 2.45) is 5.73 Å². The lowest BCUT2D eigenvalue weighted by Gasteiger charge is -2.39. The summed E-state index contributed by atoms with van der Waals surface area (Å²) in [4.78, 5) is 5.23. The minimum Gasteiger partial charge on any atom is -0.379 e. The van der Waals surface area contributed by atoms with E-state index in [0.717, 1.165) is 32.3 Å². The Morgan fingerprint density at radius 1 is 1.17 bits per heavy atom. The van der Waals surface area contributed by atoms with E-state index in [0.29, 0.717) is 0 Å². The second-order valence-corrected chi connectivity index (χ2v) is 6.36. The number of likely N-dealkylation sites (tertiary alicyclic amines) is 1. The van der Waals surface area contributed by atoms with Crippen molar-refractivity contribution in [2.45, 2.75) is 43.7 Å². The molecule has 1 unspecified atom stereocenters. The van der Waals surface area contributed by atoms with E-state index < -0.39 is 0 Å². The lowest BCUT2D eigenvalue weighted by atomic mass is 9.75. The minimum absolute atomic E-state index is 0.192. The van der Waals surface area contributed by atoms with E-state index in [1.165, 1.54) is 51.7 Å². The van der Waals surface area contributed by atoms with Crippen LogP contribution in [0.4, 0.5) is 0 Å². The van der Waals surface area contributed by atoms with Crippen molar-refractivity contribution in [2.75, 3.05) is 45.9 Å². The van der Waals surface area contributed by atoms with Gasteiger partial charge >= 0.3 is 0 Å². The molecule has 1 saturated carbocycles. The fourth-order valence-electron chi connectivity index (χ4n) is 3.52. The summed E-state index contributed by atoms with van der Waals surface area (Å²) in [5.74, 6) is 0. The maximum atomic E-state index is 6.30. The molecule has 0 aromatic carbocycles. The molecular formula is C14H27N3O. The van der Waals surface area contributed by atoms with Gasteiger partial charge in [-0.3, -0.25) is 4.90 Å². The van der Waals surface area contributed by atoms with Crippen molar-refractivity contribution in [1.29, 1.82) is 0 Å². The van der Waals surface area contributed by atoms with Crippen LogP contribution in [0, 0.1) is 0 Å². The Hall–Kier alpha value is -0.160. The minimum atomic E-state index is 0.192. The van der Waals surface area contributed by atoms with Gasteiger partial charge in [0.2, 0.25) is 0 Å². The van der Waals surface area contributed by atoms with Crippen molar-refractivity contribution < 1.29 is 4.74 Å². The third kappa shape index (κ3) is 2.87. The zero-order valence-electron chi connectivity index (χ0n) is 11.4. The molecule has 0 aromatic heterocycles. The highest BCUT2D eigenvalue weighted by molar-refractivity contribution is 4.94. The number of hydrogen-bond acceptors (Lipinski definition) is 4. The van der Waals surface area contributed by atoms with Crippen LogP contribution in [-0.2, 0) is 4.74 Å². The molecule has 18 heavy (non-hydrogen) atoms. The number of morpholine rings is 1. The predicted octanol–water partition coefficient (Wildman–Crippen LogP) is 0.664. The van der Waals surface area contributed by atoms with E-state index in [1.807, 2.05) is 0 Å². The van der Waals surface area contributed by atoms with Crippen molar-refractivity contribution in [3.05, 3.63) is 0 Å². The quantitative estimate of drug-likeness (QED) is 0.799. The van der Waals surface area contributed by atoms with Crippen LogP contribution in [0.5, 0.6) is 0 Å². The van der Waals surface area contributed by atoms with Crippen molar-refractivity contribution in [1.82, 2.24) is 9.80 Å². The Balaban J connectivity index is 1.40. The lowest BCUT2D eigenvalue weighted by molar-refractivity contribution is 0.0183. The largest absolute Gasteiger partial charge is 0.379 e. The Morgan fingerprint density at radius 3 is 2.61 bits per heavy atom. The van der Waals surface area contributed by atoms with Gasteiger partial charge in [-0.25, -0.2) is 0 Å². The fraction of sp³-hybridized carbons (Fsp3) is 1.00. The maximum absolute atomic E-state index is 6.30. The summed E-state index contributed by atoms with van der Waals surface area (Å²) < 4.78 is 5.43. The summed E-state index contributed by atoms with van der Waals surface area (Å²) in [6, 6.07) is 0.768. The van der Waals surface area contributed by atoms with Gasteiger partial charge in [-0.05, 0) is 45.2 Å². The van der Waals surface area contributed by atoms with Gasteiger partial charge in [-0.15, -0.1) is 0 Å². The second kappa shape index (κ2) is 5.45. The molecular weight excluding hydrogens is 226 g/mol. The Bertz CT molecular complexity index is 274. The molecule has 1 aliphatic carbocycles. The molecule has 0 radical (unpaired) electrons. The van der Waals surface area contributed by atoms with E-state index in [9.17, 15) is 0 Å². The first-order valence-corrected chi connectivity index (χ1v) is 7.58. The summed E-state index contributed by atoms with van der Waals surface area (Å²) in [6.07, 6.45) is 6.36. The Labute approximate surface area is 110 Å². The van der Waals surface area contributed by atoms with Crippen LogP contribution in [0.1, 0.15) is 32.1 Å². The third-order valence-electron chi connectivity index (χ3n) is 5.08. The first-order valence-electron chi connectivity index (χ1n) is 7.58. The molecule has 2 saturated heterocycles. The lowest BCUT2D eigenvalue weighted by Crippen LogP contribution is -2.49. The van der Waals surface area contributed by atoms with Crippen molar-refractivity contribution in [3.63, 3.8) is 0 Å². The Morgan fingerprint density at radius 2 is 1.94 bits per heavy atom. The van der Waals surface area contributed by atoms with E-state index in [4.69, 9.17) is 10.5 Å². The van der Waals surface area contributed by atoms with E-state index >= 15 is 0 Å². The molecule has 0 aromatic rings. The van der Waals surface area contributed by atoms with Crippen molar-refractivity contribution >= 4 is 0 Å². The summed E-state index contributed by atoms with van der Waals surface area (Å²) in [5.41, 5.74) is 6.50. The predicted molar refractivity (Wildman–Crippen MR) is 72.6 cm³/mol. The van der Waals surface area contributed by atoms with Crippen LogP contribution in [0.3, 0.4) is 0 Å². The number of rotatable bonds is 4. The summed E-state index contributed by atoms with van der Waals surface area (Å²) >= 11 is 0. The van der Waals surface area contributed by atoms with E-state index in [2.05, 4.69) is 9.80 Å². The standard InChI is InChI=1S/C14H27N3O/c15-14(3-1-4-14)5-7-16-6-2-13(12-16)17-8-10-18-11-9-17/h13H,1-12,15H2. The first-order chi connectivity index (χ1) is 8.75. The molecule has 1 atom stereocenters. The van der Waals surface area contributed by atoms with Gasteiger partial charge in [0.15, 0.2) is 0 Å². The van der Waals surface area contributed by atoms with Crippen LogP contribution in [-0.4, -0.2) is 67.3 Å².